The summed E-state index contributed by atoms with van der Waals surface area (Å²) in [5, 5.41) is 15.4. The zero-order valence-electron chi connectivity index (χ0n) is 11.3. The van der Waals surface area contributed by atoms with Crippen molar-refractivity contribution in [2.24, 2.45) is 5.41 Å². The second kappa shape index (κ2) is 5.48. The minimum atomic E-state index is -0.850. The number of nitrogens with zero attached hydrogens (tertiary/aromatic N) is 2. The molecular formula is C12H18N4O4. The van der Waals surface area contributed by atoms with Crippen molar-refractivity contribution in [3.8, 4) is 0 Å². The second-order valence-electron chi connectivity index (χ2n) is 5.19. The number of piperidine rings is 1. The van der Waals surface area contributed by atoms with Crippen LogP contribution in [0.2, 0.25) is 0 Å². The fourth-order valence-corrected chi connectivity index (χ4v) is 2.83. The molecular weight excluding hydrogens is 264 g/mol. The van der Waals surface area contributed by atoms with Gasteiger partial charge in [0, 0.05) is 13.1 Å². The second-order valence-corrected chi connectivity index (χ2v) is 5.19. The molecule has 20 heavy (non-hydrogen) atoms. The molecule has 0 aromatic carbocycles. The third-order valence-electron chi connectivity index (χ3n) is 3.75. The minimum absolute atomic E-state index is 0.0750. The van der Waals surface area contributed by atoms with E-state index in [2.05, 4.69) is 15.2 Å². The Bertz CT molecular complexity index is 604. The molecule has 0 radical (unpaired) electrons. The van der Waals surface area contributed by atoms with Crippen LogP contribution in [0.5, 0.6) is 0 Å². The van der Waals surface area contributed by atoms with E-state index in [0.29, 0.717) is 25.8 Å². The zero-order chi connectivity index (χ0) is 14.8. The van der Waals surface area contributed by atoms with Gasteiger partial charge in [0.1, 0.15) is 0 Å². The van der Waals surface area contributed by atoms with Crippen molar-refractivity contribution in [1.82, 2.24) is 15.2 Å². The zero-order valence-corrected chi connectivity index (χ0v) is 11.3. The summed E-state index contributed by atoms with van der Waals surface area (Å²) >= 11 is 0. The van der Waals surface area contributed by atoms with Gasteiger partial charge in [0.05, 0.1) is 5.41 Å². The van der Waals surface area contributed by atoms with Gasteiger partial charge in [0.15, 0.2) is 0 Å². The number of hydrogen-bond donors (Lipinski definition) is 3. The molecule has 1 aliphatic rings. The Hall–Kier alpha value is -2.12. The molecule has 1 aromatic rings. The molecule has 1 aliphatic heterocycles. The predicted octanol–water partition coefficient (Wildman–Crippen LogP) is -0.0705. The number of aromatic amines is 2. The van der Waals surface area contributed by atoms with E-state index in [1.54, 1.807) is 4.90 Å². The molecule has 0 amide bonds. The number of anilines is 1. The van der Waals surface area contributed by atoms with Crippen molar-refractivity contribution >= 4 is 11.8 Å². The average molecular weight is 282 g/mol. The van der Waals surface area contributed by atoms with Crippen LogP contribution < -0.4 is 16.1 Å². The van der Waals surface area contributed by atoms with E-state index in [4.69, 9.17) is 0 Å². The Balaban J connectivity index is 2.32. The van der Waals surface area contributed by atoms with Crippen LogP contribution in [0, 0.1) is 5.41 Å². The lowest BCUT2D eigenvalue weighted by molar-refractivity contribution is -0.150. The third kappa shape index (κ3) is 2.59. The van der Waals surface area contributed by atoms with E-state index in [1.807, 2.05) is 6.92 Å². The number of carboxylic acids is 1. The van der Waals surface area contributed by atoms with E-state index in [-0.39, 0.29) is 12.4 Å². The van der Waals surface area contributed by atoms with Crippen LogP contribution >= 0.6 is 0 Å². The molecule has 2 heterocycles. The van der Waals surface area contributed by atoms with Crippen LogP contribution in [0.3, 0.4) is 0 Å². The van der Waals surface area contributed by atoms with Gasteiger partial charge >= 0.3 is 11.7 Å². The topological polar surface area (TPSA) is 119 Å². The van der Waals surface area contributed by atoms with Crippen LogP contribution in [-0.2, 0) is 4.79 Å². The van der Waals surface area contributed by atoms with Gasteiger partial charge < -0.3 is 10.0 Å². The summed E-state index contributed by atoms with van der Waals surface area (Å²) in [5.74, 6) is -0.768. The lowest BCUT2D eigenvalue weighted by Crippen LogP contribution is -2.50. The summed E-state index contributed by atoms with van der Waals surface area (Å²) < 4.78 is 0. The van der Waals surface area contributed by atoms with Gasteiger partial charge in [-0.3, -0.25) is 14.6 Å². The fraction of sp³-hybridized carbons (Fsp3) is 0.667. The van der Waals surface area contributed by atoms with E-state index in [9.17, 15) is 19.5 Å². The molecule has 1 unspecified atom stereocenters. The fourth-order valence-electron chi connectivity index (χ4n) is 2.83. The van der Waals surface area contributed by atoms with Crippen LogP contribution in [0.4, 0.5) is 5.82 Å². The smallest absolute Gasteiger partial charge is 0.342 e. The third-order valence-corrected chi connectivity index (χ3v) is 3.75. The molecule has 8 heteroatoms. The Labute approximate surface area is 114 Å². The number of hydrogen-bond acceptors (Lipinski definition) is 5. The highest BCUT2D eigenvalue weighted by molar-refractivity contribution is 5.76. The van der Waals surface area contributed by atoms with E-state index in [1.165, 1.54) is 0 Å². The highest BCUT2D eigenvalue weighted by Crippen LogP contribution is 2.35. The van der Waals surface area contributed by atoms with Crippen molar-refractivity contribution in [1.29, 1.82) is 0 Å². The van der Waals surface area contributed by atoms with Crippen molar-refractivity contribution in [3.05, 3.63) is 20.8 Å². The largest absolute Gasteiger partial charge is 0.481 e. The summed E-state index contributed by atoms with van der Waals surface area (Å²) in [5.41, 5.74) is -2.11. The monoisotopic (exact) mass is 282 g/mol. The molecule has 1 saturated heterocycles. The molecule has 0 aliphatic carbocycles. The standard InChI is InChI=1S/C12H18N4O4/c1-2-4-12(10(18)19)5-3-6-16(7-12)8-9(17)13-11(20)15-14-8/h2-7H2,1H3,(H,18,19)(H2,13,15,17,20). The molecule has 2 rings (SSSR count). The first kappa shape index (κ1) is 14.3. The van der Waals surface area contributed by atoms with Crippen LogP contribution in [0.25, 0.3) is 0 Å². The highest BCUT2D eigenvalue weighted by Gasteiger charge is 2.42. The Kier molecular flexibility index (Phi) is 3.91. The number of aliphatic carboxylic acids is 1. The summed E-state index contributed by atoms with van der Waals surface area (Å²) in [6.45, 7) is 2.73. The predicted molar refractivity (Wildman–Crippen MR) is 71.9 cm³/mol. The van der Waals surface area contributed by atoms with Crippen molar-refractivity contribution < 1.29 is 9.90 Å². The van der Waals surface area contributed by atoms with Gasteiger partial charge in [-0.1, -0.05) is 13.3 Å². The molecule has 0 saturated carbocycles. The van der Waals surface area contributed by atoms with Gasteiger partial charge in [-0.25, -0.2) is 9.89 Å². The van der Waals surface area contributed by atoms with Gasteiger partial charge in [-0.2, -0.15) is 0 Å². The molecule has 110 valence electrons. The van der Waals surface area contributed by atoms with Gasteiger partial charge in [-0.15, -0.1) is 5.10 Å². The first-order valence-electron chi connectivity index (χ1n) is 6.66. The number of aromatic nitrogens is 3. The lowest BCUT2D eigenvalue weighted by Gasteiger charge is -2.39. The highest BCUT2D eigenvalue weighted by atomic mass is 16.4. The van der Waals surface area contributed by atoms with Crippen LogP contribution in [0.15, 0.2) is 9.59 Å². The SMILES string of the molecule is CCCC1(C(=O)O)CCCN(c2n[nH]c(=O)[nH]c2=O)C1. The lowest BCUT2D eigenvalue weighted by atomic mass is 9.76. The normalized spacial score (nSPS) is 22.8. The van der Waals surface area contributed by atoms with Crippen molar-refractivity contribution in [3.63, 3.8) is 0 Å². The summed E-state index contributed by atoms with van der Waals surface area (Å²) in [4.78, 5) is 38.1. The molecule has 1 fully saturated rings. The molecule has 0 spiro atoms. The Morgan fingerprint density at radius 3 is 2.85 bits per heavy atom. The molecule has 0 bridgehead atoms. The Morgan fingerprint density at radius 2 is 2.25 bits per heavy atom. The van der Waals surface area contributed by atoms with E-state index in [0.717, 1.165) is 6.42 Å². The minimum Gasteiger partial charge on any atom is -0.481 e. The van der Waals surface area contributed by atoms with Gasteiger partial charge in [-0.05, 0) is 19.3 Å². The van der Waals surface area contributed by atoms with E-state index >= 15 is 0 Å². The number of rotatable bonds is 4. The Morgan fingerprint density at radius 1 is 1.50 bits per heavy atom. The number of carboxylic acid groups (broad SMARTS) is 1. The molecule has 1 atom stereocenters. The van der Waals surface area contributed by atoms with Gasteiger partial charge in [0.25, 0.3) is 5.56 Å². The number of H-pyrrole nitrogens is 2. The number of nitrogens with one attached hydrogen (secondary N) is 2. The van der Waals surface area contributed by atoms with Crippen LogP contribution in [-0.4, -0.2) is 39.3 Å². The maximum Gasteiger partial charge on any atom is 0.342 e. The first-order chi connectivity index (χ1) is 9.48. The molecule has 8 nitrogen and oxygen atoms in total. The number of carbonyl (C=O) groups is 1. The van der Waals surface area contributed by atoms with Gasteiger partial charge in [0.2, 0.25) is 5.82 Å². The molecule has 3 N–H and O–H groups in total. The quantitative estimate of drug-likeness (QED) is 0.711. The summed E-state index contributed by atoms with van der Waals surface area (Å²) in [6.07, 6.45) is 2.58. The van der Waals surface area contributed by atoms with E-state index < -0.39 is 22.6 Å². The average Bonchev–Trinajstić information content (AvgIpc) is 2.39. The van der Waals surface area contributed by atoms with Crippen molar-refractivity contribution in [2.45, 2.75) is 32.6 Å². The maximum absolute atomic E-state index is 11.8. The maximum atomic E-state index is 11.8. The van der Waals surface area contributed by atoms with Crippen LogP contribution in [0.1, 0.15) is 32.6 Å². The molecule has 1 aromatic heterocycles. The summed E-state index contributed by atoms with van der Waals surface area (Å²) in [7, 11) is 0. The summed E-state index contributed by atoms with van der Waals surface area (Å²) in [6, 6.07) is 0. The first-order valence-corrected chi connectivity index (χ1v) is 6.66. The van der Waals surface area contributed by atoms with Crippen molar-refractivity contribution in [2.75, 3.05) is 18.0 Å².